The van der Waals surface area contributed by atoms with E-state index in [1.165, 1.54) is 4.88 Å². The number of hydrogen-bond acceptors (Lipinski definition) is 3. The molecule has 1 aromatic carbocycles. The van der Waals surface area contributed by atoms with Crippen LogP contribution in [-0.2, 0) is 6.54 Å². The van der Waals surface area contributed by atoms with Gasteiger partial charge in [0.2, 0.25) is 0 Å². The summed E-state index contributed by atoms with van der Waals surface area (Å²) in [5.41, 5.74) is 0.629. The second-order valence-corrected chi connectivity index (χ2v) is 7.04. The Balaban J connectivity index is 1.87. The maximum Gasteiger partial charge on any atom is 0.258 e. The summed E-state index contributed by atoms with van der Waals surface area (Å²) in [6, 6.07) is 10.0. The number of rotatable bonds is 5. The van der Waals surface area contributed by atoms with Crippen molar-refractivity contribution in [1.82, 2.24) is 4.90 Å². The second kappa shape index (κ2) is 6.20. The number of thiophene rings is 1. The van der Waals surface area contributed by atoms with Crippen LogP contribution in [0, 0.1) is 0 Å². The molecule has 0 spiro atoms. The first-order valence-corrected chi connectivity index (χ1v) is 8.53. The maximum absolute atomic E-state index is 12.9. The minimum Gasteiger partial charge on any atom is -0.496 e. The van der Waals surface area contributed by atoms with Crippen LogP contribution in [0.3, 0.4) is 0 Å². The molecule has 1 fully saturated rings. The van der Waals surface area contributed by atoms with Gasteiger partial charge in [0.1, 0.15) is 5.75 Å². The topological polar surface area (TPSA) is 29.5 Å². The molecule has 110 valence electrons. The van der Waals surface area contributed by atoms with Crippen LogP contribution in [-0.4, -0.2) is 24.0 Å². The summed E-state index contributed by atoms with van der Waals surface area (Å²) in [7, 11) is 1.60. The first-order chi connectivity index (χ1) is 10.2. The Hall–Kier alpha value is -1.33. The highest BCUT2D eigenvalue weighted by Gasteiger charge is 2.34. The molecule has 5 heteroatoms. The lowest BCUT2D eigenvalue weighted by Gasteiger charge is -2.23. The first kappa shape index (κ1) is 14.6. The van der Waals surface area contributed by atoms with Gasteiger partial charge in [-0.1, -0.05) is 22.0 Å². The van der Waals surface area contributed by atoms with E-state index in [2.05, 4.69) is 22.0 Å². The zero-order valence-corrected chi connectivity index (χ0v) is 14.1. The van der Waals surface area contributed by atoms with Gasteiger partial charge in [-0.25, -0.2) is 0 Å². The second-order valence-electron chi connectivity index (χ2n) is 5.09. The normalized spacial score (nSPS) is 14.0. The molecule has 3 rings (SSSR count). The lowest BCUT2D eigenvalue weighted by molar-refractivity contribution is 0.0728. The van der Waals surface area contributed by atoms with Gasteiger partial charge in [-0.15, -0.1) is 11.3 Å². The van der Waals surface area contributed by atoms with E-state index in [0.717, 1.165) is 17.3 Å². The average molecular weight is 366 g/mol. The van der Waals surface area contributed by atoms with Gasteiger partial charge in [0, 0.05) is 15.4 Å². The minimum absolute atomic E-state index is 0.0512. The highest BCUT2D eigenvalue weighted by atomic mass is 79.9. The molecule has 0 unspecified atom stereocenters. The summed E-state index contributed by atoms with van der Waals surface area (Å²) in [6.45, 7) is 0.681. The van der Waals surface area contributed by atoms with Crippen molar-refractivity contribution in [1.29, 1.82) is 0 Å². The Bertz CT molecular complexity index is 638. The number of carbonyl (C=O) groups excluding carboxylic acids is 1. The fourth-order valence-electron chi connectivity index (χ4n) is 2.32. The van der Waals surface area contributed by atoms with Crippen molar-refractivity contribution < 1.29 is 9.53 Å². The predicted molar refractivity (Wildman–Crippen MR) is 87.9 cm³/mol. The number of methoxy groups -OCH3 is 1. The third-order valence-corrected chi connectivity index (χ3v) is 4.90. The van der Waals surface area contributed by atoms with Crippen molar-refractivity contribution in [3.8, 4) is 5.75 Å². The minimum atomic E-state index is 0.0512. The SMILES string of the molecule is COc1cc(Br)ccc1C(=O)N(Cc1cccs1)C1CC1. The number of amides is 1. The van der Waals surface area contributed by atoms with Crippen LogP contribution < -0.4 is 4.74 Å². The molecule has 1 saturated carbocycles. The third kappa shape index (κ3) is 3.30. The Kier molecular flexibility index (Phi) is 4.31. The Morgan fingerprint density at radius 1 is 1.43 bits per heavy atom. The molecule has 1 heterocycles. The summed E-state index contributed by atoms with van der Waals surface area (Å²) in [4.78, 5) is 16.1. The lowest BCUT2D eigenvalue weighted by atomic mass is 10.1. The highest BCUT2D eigenvalue weighted by Crippen LogP contribution is 2.33. The predicted octanol–water partition coefficient (Wildman–Crippen LogP) is 4.32. The summed E-state index contributed by atoms with van der Waals surface area (Å²) >= 11 is 5.10. The molecule has 0 atom stereocenters. The molecule has 0 N–H and O–H groups in total. The Morgan fingerprint density at radius 2 is 2.24 bits per heavy atom. The molecule has 3 nitrogen and oxygen atoms in total. The highest BCUT2D eigenvalue weighted by molar-refractivity contribution is 9.10. The van der Waals surface area contributed by atoms with E-state index in [0.29, 0.717) is 23.9 Å². The van der Waals surface area contributed by atoms with E-state index in [1.807, 2.05) is 34.5 Å². The number of hydrogen-bond donors (Lipinski definition) is 0. The van der Waals surface area contributed by atoms with Crippen LogP contribution in [0.1, 0.15) is 28.1 Å². The van der Waals surface area contributed by atoms with Crippen LogP contribution >= 0.6 is 27.3 Å². The van der Waals surface area contributed by atoms with Gasteiger partial charge in [0.25, 0.3) is 5.91 Å². The molecule has 0 saturated heterocycles. The van der Waals surface area contributed by atoms with E-state index in [9.17, 15) is 4.79 Å². The number of ether oxygens (including phenoxy) is 1. The maximum atomic E-state index is 12.9. The Labute approximate surface area is 136 Å². The van der Waals surface area contributed by atoms with Crippen LogP contribution in [0.4, 0.5) is 0 Å². The monoisotopic (exact) mass is 365 g/mol. The summed E-state index contributed by atoms with van der Waals surface area (Å²) in [6.07, 6.45) is 2.19. The molecular weight excluding hydrogens is 350 g/mol. The van der Waals surface area contributed by atoms with Gasteiger partial charge in [-0.2, -0.15) is 0 Å². The van der Waals surface area contributed by atoms with Gasteiger partial charge in [0.05, 0.1) is 19.2 Å². The molecular formula is C16H16BrNO2S. The van der Waals surface area contributed by atoms with Crippen molar-refractivity contribution in [2.75, 3.05) is 7.11 Å². The van der Waals surface area contributed by atoms with Crippen molar-refractivity contribution >= 4 is 33.2 Å². The lowest BCUT2D eigenvalue weighted by Crippen LogP contribution is -2.32. The number of halogens is 1. The van der Waals surface area contributed by atoms with Crippen LogP contribution in [0.2, 0.25) is 0 Å². The Morgan fingerprint density at radius 3 is 2.86 bits per heavy atom. The summed E-state index contributed by atoms with van der Waals surface area (Å²) < 4.78 is 6.27. The molecule has 1 aromatic heterocycles. The zero-order valence-electron chi connectivity index (χ0n) is 11.7. The van der Waals surface area contributed by atoms with E-state index in [1.54, 1.807) is 18.4 Å². The van der Waals surface area contributed by atoms with Crippen molar-refractivity contribution in [3.05, 3.63) is 50.6 Å². The molecule has 21 heavy (non-hydrogen) atoms. The fraction of sp³-hybridized carbons (Fsp3) is 0.312. The first-order valence-electron chi connectivity index (χ1n) is 6.86. The fourth-order valence-corrected chi connectivity index (χ4v) is 3.36. The van der Waals surface area contributed by atoms with Gasteiger partial charge < -0.3 is 9.64 Å². The van der Waals surface area contributed by atoms with Crippen molar-refractivity contribution in [3.63, 3.8) is 0 Å². The van der Waals surface area contributed by atoms with Crippen molar-refractivity contribution in [2.45, 2.75) is 25.4 Å². The largest absolute Gasteiger partial charge is 0.496 e. The number of benzene rings is 1. The standard InChI is InChI=1S/C16H16BrNO2S/c1-20-15-9-11(17)4-7-14(15)16(19)18(12-5-6-12)10-13-3-2-8-21-13/h2-4,7-9,12H,5-6,10H2,1H3. The third-order valence-electron chi connectivity index (χ3n) is 3.55. The smallest absolute Gasteiger partial charge is 0.258 e. The van der Waals surface area contributed by atoms with E-state index < -0.39 is 0 Å². The zero-order chi connectivity index (χ0) is 14.8. The van der Waals surface area contributed by atoms with Gasteiger partial charge in [0.15, 0.2) is 0 Å². The quantitative estimate of drug-likeness (QED) is 0.789. The van der Waals surface area contributed by atoms with E-state index in [4.69, 9.17) is 4.74 Å². The molecule has 1 aliphatic rings. The number of nitrogens with zero attached hydrogens (tertiary/aromatic N) is 1. The van der Waals surface area contributed by atoms with E-state index in [-0.39, 0.29) is 5.91 Å². The molecule has 2 aromatic rings. The molecule has 0 aliphatic heterocycles. The van der Waals surface area contributed by atoms with Crippen molar-refractivity contribution in [2.24, 2.45) is 0 Å². The van der Waals surface area contributed by atoms with Crippen LogP contribution in [0.25, 0.3) is 0 Å². The van der Waals surface area contributed by atoms with Gasteiger partial charge in [-0.3, -0.25) is 4.79 Å². The molecule has 1 amide bonds. The van der Waals surface area contributed by atoms with E-state index >= 15 is 0 Å². The summed E-state index contributed by atoms with van der Waals surface area (Å²) in [5, 5.41) is 2.05. The number of carbonyl (C=O) groups is 1. The van der Waals surface area contributed by atoms with Crippen LogP contribution in [0.5, 0.6) is 5.75 Å². The van der Waals surface area contributed by atoms with Gasteiger partial charge >= 0.3 is 0 Å². The molecule has 0 bridgehead atoms. The average Bonchev–Trinajstić information content (AvgIpc) is 3.20. The van der Waals surface area contributed by atoms with Gasteiger partial charge in [-0.05, 0) is 42.5 Å². The summed E-state index contributed by atoms with van der Waals surface area (Å²) in [5.74, 6) is 0.668. The molecule has 0 radical (unpaired) electrons. The molecule has 1 aliphatic carbocycles. The van der Waals surface area contributed by atoms with Crippen LogP contribution in [0.15, 0.2) is 40.2 Å².